The molecule has 2 aromatic carbocycles. The first-order chi connectivity index (χ1) is 16.1. The summed E-state index contributed by atoms with van der Waals surface area (Å²) in [7, 11) is 3.00. The molecule has 2 aromatic heterocycles. The molecule has 4 aromatic rings. The minimum atomic E-state index is -3.74. The standard InChI is InChI=1S/C25H21F4N5/c1-14(16-7-8-18(15-5-6-15)20(26)11-16)4-9-23-30-31-24(34(23)3)25(28,29)19-10-17-13-33(2)32-22(17)12-21(19)27/h4,7-13,15H,1,5-6H2,2-3H3/b9-4-. The second-order valence-electron chi connectivity index (χ2n) is 8.58. The van der Waals surface area contributed by atoms with Crippen LogP contribution in [0, 0.1) is 11.6 Å². The summed E-state index contributed by atoms with van der Waals surface area (Å²) in [5.74, 6) is -5.39. The first kappa shape index (κ1) is 22.1. The molecule has 1 aliphatic rings. The van der Waals surface area contributed by atoms with Crippen molar-refractivity contribution in [1.82, 2.24) is 24.5 Å². The molecule has 5 rings (SSSR count). The summed E-state index contributed by atoms with van der Waals surface area (Å²) in [5, 5.41) is 11.9. The van der Waals surface area contributed by atoms with Gasteiger partial charge in [0.1, 0.15) is 11.6 Å². The average molecular weight is 467 g/mol. The molecule has 0 unspecified atom stereocenters. The van der Waals surface area contributed by atoms with Crippen LogP contribution in [0.5, 0.6) is 0 Å². The summed E-state index contributed by atoms with van der Waals surface area (Å²) in [5.41, 5.74) is 1.25. The molecule has 0 aliphatic heterocycles. The number of alkyl halides is 2. The molecule has 0 saturated heterocycles. The number of rotatable bonds is 6. The first-order valence-corrected chi connectivity index (χ1v) is 10.7. The Morgan fingerprint density at radius 3 is 2.56 bits per heavy atom. The van der Waals surface area contributed by atoms with Crippen LogP contribution in [0.15, 0.2) is 49.2 Å². The van der Waals surface area contributed by atoms with Crippen LogP contribution in [-0.2, 0) is 20.0 Å². The maximum Gasteiger partial charge on any atom is 0.334 e. The largest absolute Gasteiger partial charge is 0.334 e. The lowest BCUT2D eigenvalue weighted by molar-refractivity contribution is 0.0259. The minimum Gasteiger partial charge on any atom is -0.309 e. The number of fused-ring (bicyclic) bond motifs is 1. The van der Waals surface area contributed by atoms with Crippen molar-refractivity contribution < 1.29 is 17.6 Å². The lowest BCUT2D eigenvalue weighted by atomic mass is 10.0. The van der Waals surface area contributed by atoms with E-state index in [2.05, 4.69) is 21.9 Å². The topological polar surface area (TPSA) is 48.5 Å². The van der Waals surface area contributed by atoms with Crippen LogP contribution in [0.1, 0.15) is 47.1 Å². The summed E-state index contributed by atoms with van der Waals surface area (Å²) in [6.07, 6.45) is 6.54. The highest BCUT2D eigenvalue weighted by Crippen LogP contribution is 2.42. The summed E-state index contributed by atoms with van der Waals surface area (Å²) in [6, 6.07) is 7.03. The van der Waals surface area contributed by atoms with Gasteiger partial charge in [-0.25, -0.2) is 8.78 Å². The lowest BCUT2D eigenvalue weighted by Gasteiger charge is -2.16. The normalized spacial score (nSPS) is 14.4. The van der Waals surface area contributed by atoms with E-state index in [0.29, 0.717) is 28.0 Å². The molecule has 9 heteroatoms. The molecule has 0 radical (unpaired) electrons. The summed E-state index contributed by atoms with van der Waals surface area (Å²) < 4.78 is 62.0. The highest BCUT2D eigenvalue weighted by Gasteiger charge is 2.42. The van der Waals surface area contributed by atoms with Crippen molar-refractivity contribution in [3.63, 3.8) is 0 Å². The van der Waals surface area contributed by atoms with E-state index in [1.165, 1.54) is 30.1 Å². The second kappa shape index (κ2) is 7.93. The zero-order valence-corrected chi connectivity index (χ0v) is 18.6. The van der Waals surface area contributed by atoms with Crippen molar-refractivity contribution in [3.8, 4) is 0 Å². The van der Waals surface area contributed by atoms with Gasteiger partial charge in [0.05, 0.1) is 11.1 Å². The molecule has 5 nitrogen and oxygen atoms in total. The SMILES string of the molecule is C=C(/C=C\c1nnc(C(F)(F)c2cc3cn(C)nc3cc2F)n1C)c1ccc(C2CC2)c(F)c1. The molecule has 0 atom stereocenters. The molecule has 0 bridgehead atoms. The van der Waals surface area contributed by atoms with Gasteiger partial charge >= 0.3 is 5.92 Å². The quantitative estimate of drug-likeness (QED) is 0.269. The van der Waals surface area contributed by atoms with Crippen molar-refractivity contribution in [3.05, 3.63) is 89.2 Å². The third-order valence-electron chi connectivity index (χ3n) is 6.06. The third-order valence-corrected chi connectivity index (χ3v) is 6.06. The monoisotopic (exact) mass is 467 g/mol. The molecular formula is C25H21F4N5. The number of aromatic nitrogens is 5. The van der Waals surface area contributed by atoms with Crippen LogP contribution < -0.4 is 0 Å². The van der Waals surface area contributed by atoms with Gasteiger partial charge in [0, 0.05) is 31.7 Å². The van der Waals surface area contributed by atoms with Gasteiger partial charge in [-0.15, -0.1) is 10.2 Å². The molecule has 174 valence electrons. The Morgan fingerprint density at radius 1 is 1.09 bits per heavy atom. The van der Waals surface area contributed by atoms with E-state index in [4.69, 9.17) is 0 Å². The van der Waals surface area contributed by atoms with Crippen molar-refractivity contribution in [2.45, 2.75) is 24.7 Å². The van der Waals surface area contributed by atoms with Crippen molar-refractivity contribution in [2.75, 3.05) is 0 Å². The third kappa shape index (κ3) is 3.81. The fraction of sp³-hybridized carbons (Fsp3) is 0.240. The Labute approximate surface area is 193 Å². The number of benzene rings is 2. The Hall–Kier alpha value is -3.75. The molecular weight excluding hydrogens is 446 g/mol. The summed E-state index contributed by atoms with van der Waals surface area (Å²) in [6.45, 7) is 3.93. The summed E-state index contributed by atoms with van der Waals surface area (Å²) >= 11 is 0. The van der Waals surface area contributed by atoms with Crippen molar-refractivity contribution >= 4 is 22.6 Å². The average Bonchev–Trinajstić information content (AvgIpc) is 3.45. The maximum absolute atomic E-state index is 15.3. The van der Waals surface area contributed by atoms with Crippen LogP contribution in [0.25, 0.3) is 22.6 Å². The number of aryl methyl sites for hydroxylation is 1. The van der Waals surface area contributed by atoms with Crippen LogP contribution >= 0.6 is 0 Å². The van der Waals surface area contributed by atoms with E-state index in [1.807, 2.05) is 0 Å². The molecule has 0 N–H and O–H groups in total. The van der Waals surface area contributed by atoms with Gasteiger partial charge in [-0.2, -0.15) is 13.9 Å². The molecule has 0 spiro atoms. The van der Waals surface area contributed by atoms with Crippen molar-refractivity contribution in [2.24, 2.45) is 14.1 Å². The predicted octanol–water partition coefficient (Wildman–Crippen LogP) is 5.72. The highest BCUT2D eigenvalue weighted by atomic mass is 19.3. The zero-order valence-electron chi connectivity index (χ0n) is 18.6. The van der Waals surface area contributed by atoms with Crippen LogP contribution in [0.2, 0.25) is 0 Å². The van der Waals surface area contributed by atoms with Gasteiger partial charge in [-0.05, 0) is 53.7 Å². The predicted molar refractivity (Wildman–Crippen MR) is 121 cm³/mol. The van der Waals surface area contributed by atoms with Gasteiger partial charge in [-0.3, -0.25) is 4.68 Å². The molecule has 0 amide bonds. The smallest absolute Gasteiger partial charge is 0.309 e. The number of hydrogen-bond acceptors (Lipinski definition) is 3. The molecule has 2 heterocycles. The Balaban J connectivity index is 1.41. The van der Waals surface area contributed by atoms with Gasteiger partial charge < -0.3 is 4.57 Å². The van der Waals surface area contributed by atoms with Gasteiger partial charge in [0.25, 0.3) is 0 Å². The van der Waals surface area contributed by atoms with E-state index < -0.39 is 23.1 Å². The van der Waals surface area contributed by atoms with Crippen LogP contribution in [0.4, 0.5) is 17.6 Å². The lowest BCUT2D eigenvalue weighted by Crippen LogP contribution is -2.22. The van der Waals surface area contributed by atoms with E-state index in [-0.39, 0.29) is 17.2 Å². The van der Waals surface area contributed by atoms with Gasteiger partial charge in [-0.1, -0.05) is 24.8 Å². The zero-order chi connectivity index (χ0) is 24.2. The molecule has 1 fully saturated rings. The number of hydrogen-bond donors (Lipinski definition) is 0. The van der Waals surface area contributed by atoms with E-state index in [9.17, 15) is 8.78 Å². The molecule has 1 aliphatic carbocycles. The number of halogens is 4. The van der Waals surface area contributed by atoms with E-state index in [1.54, 1.807) is 25.3 Å². The number of nitrogens with zero attached hydrogens (tertiary/aromatic N) is 5. The number of allylic oxidation sites excluding steroid dienone is 2. The fourth-order valence-electron chi connectivity index (χ4n) is 4.01. The van der Waals surface area contributed by atoms with Gasteiger partial charge in [0.15, 0.2) is 5.82 Å². The minimum absolute atomic E-state index is 0.119. The van der Waals surface area contributed by atoms with Gasteiger partial charge in [0.2, 0.25) is 5.82 Å². The Bertz CT molecular complexity index is 1460. The Morgan fingerprint density at radius 2 is 1.85 bits per heavy atom. The van der Waals surface area contributed by atoms with E-state index in [0.717, 1.165) is 29.5 Å². The second-order valence-corrected chi connectivity index (χ2v) is 8.58. The fourth-order valence-corrected chi connectivity index (χ4v) is 4.01. The van der Waals surface area contributed by atoms with E-state index >= 15 is 8.78 Å². The molecule has 34 heavy (non-hydrogen) atoms. The van der Waals surface area contributed by atoms with Crippen LogP contribution in [-0.4, -0.2) is 24.5 Å². The van der Waals surface area contributed by atoms with Crippen molar-refractivity contribution in [1.29, 1.82) is 0 Å². The highest BCUT2D eigenvalue weighted by molar-refractivity contribution is 5.79. The van der Waals surface area contributed by atoms with Crippen LogP contribution in [0.3, 0.4) is 0 Å². The first-order valence-electron chi connectivity index (χ1n) is 10.7. The summed E-state index contributed by atoms with van der Waals surface area (Å²) in [4.78, 5) is 0. The Kier molecular flexibility index (Phi) is 5.15. The molecule has 1 saturated carbocycles. The maximum atomic E-state index is 15.3.